The number of hydrogen-bond donors (Lipinski definition) is 1. The van der Waals surface area contributed by atoms with Gasteiger partial charge in [-0.05, 0) is 54.7 Å². The molecule has 1 heterocycles. The van der Waals surface area contributed by atoms with Gasteiger partial charge in [0.05, 0.1) is 18.3 Å². The van der Waals surface area contributed by atoms with Gasteiger partial charge in [0.1, 0.15) is 0 Å². The van der Waals surface area contributed by atoms with E-state index in [1.54, 1.807) is 10.9 Å². The Kier molecular flexibility index (Phi) is 5.03. The highest BCUT2D eigenvalue weighted by Crippen LogP contribution is 2.36. The van der Waals surface area contributed by atoms with E-state index in [4.69, 9.17) is 0 Å². The van der Waals surface area contributed by atoms with Gasteiger partial charge in [-0.15, -0.1) is 0 Å². The highest BCUT2D eigenvalue weighted by atomic mass is 16.3. The number of aliphatic hydroxyl groups excluding tert-OH is 1. The number of aliphatic hydroxyl groups is 1. The molecule has 0 bridgehead atoms. The van der Waals surface area contributed by atoms with E-state index in [9.17, 15) is 9.90 Å². The van der Waals surface area contributed by atoms with Gasteiger partial charge in [-0.2, -0.15) is 5.10 Å². The fourth-order valence-electron chi connectivity index (χ4n) is 3.45. The van der Waals surface area contributed by atoms with Crippen molar-refractivity contribution in [2.75, 3.05) is 6.61 Å². The van der Waals surface area contributed by atoms with E-state index in [1.165, 1.54) is 0 Å². The van der Waals surface area contributed by atoms with Crippen LogP contribution in [0, 0.1) is 5.92 Å². The van der Waals surface area contributed by atoms with E-state index in [-0.39, 0.29) is 18.6 Å². The second kappa shape index (κ2) is 7.76. The maximum absolute atomic E-state index is 13.3. The highest BCUT2D eigenvalue weighted by molar-refractivity contribution is 5.94. The summed E-state index contributed by atoms with van der Waals surface area (Å²) in [5, 5.41) is 14.2. The van der Waals surface area contributed by atoms with Crippen LogP contribution in [-0.4, -0.2) is 38.3 Å². The summed E-state index contributed by atoms with van der Waals surface area (Å²) in [6.07, 6.45) is 5.74. The van der Waals surface area contributed by atoms with Crippen molar-refractivity contribution in [3.8, 4) is 5.69 Å². The minimum atomic E-state index is -0.136. The SMILES string of the molecule is O=C(c1ccc(-n2cccn2)cc1)N(Cc1ccccc1)[C@@H](CO)C1CC1. The number of carbonyl (C=O) groups is 1. The van der Waals surface area contributed by atoms with Gasteiger partial charge < -0.3 is 10.0 Å². The third-order valence-corrected chi connectivity index (χ3v) is 5.09. The topological polar surface area (TPSA) is 58.4 Å². The second-order valence-corrected chi connectivity index (χ2v) is 7.00. The van der Waals surface area contributed by atoms with Crippen molar-refractivity contribution >= 4 is 5.91 Å². The number of carbonyl (C=O) groups excluding carboxylic acids is 1. The van der Waals surface area contributed by atoms with E-state index in [2.05, 4.69) is 5.10 Å². The number of benzene rings is 2. The Labute approximate surface area is 158 Å². The molecule has 0 unspecified atom stereocenters. The van der Waals surface area contributed by atoms with Crippen LogP contribution < -0.4 is 0 Å². The van der Waals surface area contributed by atoms with Gasteiger partial charge in [-0.3, -0.25) is 4.79 Å². The lowest BCUT2D eigenvalue weighted by Crippen LogP contribution is -2.43. The number of rotatable bonds is 7. The molecular formula is C22H23N3O2. The predicted molar refractivity (Wildman–Crippen MR) is 103 cm³/mol. The van der Waals surface area contributed by atoms with E-state index in [0.717, 1.165) is 24.1 Å². The zero-order chi connectivity index (χ0) is 18.6. The van der Waals surface area contributed by atoms with Crippen molar-refractivity contribution < 1.29 is 9.90 Å². The zero-order valence-electron chi connectivity index (χ0n) is 15.1. The molecule has 1 saturated carbocycles. The van der Waals surface area contributed by atoms with Crippen LogP contribution in [-0.2, 0) is 6.54 Å². The van der Waals surface area contributed by atoms with Gasteiger partial charge in [-0.1, -0.05) is 30.3 Å². The van der Waals surface area contributed by atoms with Gasteiger partial charge in [0, 0.05) is 24.5 Å². The molecule has 0 aliphatic heterocycles. The molecule has 1 amide bonds. The summed E-state index contributed by atoms with van der Waals surface area (Å²) in [5.74, 6) is 0.350. The summed E-state index contributed by atoms with van der Waals surface area (Å²) in [4.78, 5) is 15.1. The van der Waals surface area contributed by atoms with Crippen molar-refractivity contribution in [1.29, 1.82) is 0 Å². The standard InChI is InChI=1S/C22H23N3O2/c26-16-21(18-7-8-18)24(15-17-5-2-1-3-6-17)22(27)19-9-11-20(12-10-19)25-14-4-13-23-25/h1-6,9-14,18,21,26H,7-8,15-16H2/t21-/m0/s1. The number of nitrogens with zero attached hydrogens (tertiary/aromatic N) is 3. The molecule has 1 aliphatic carbocycles. The summed E-state index contributed by atoms with van der Waals surface area (Å²) in [5.41, 5.74) is 2.60. The minimum absolute atomic E-state index is 0.00535. The van der Waals surface area contributed by atoms with Crippen LogP contribution in [0.5, 0.6) is 0 Å². The second-order valence-electron chi connectivity index (χ2n) is 7.00. The van der Waals surface area contributed by atoms with Gasteiger partial charge in [0.15, 0.2) is 0 Å². The molecule has 27 heavy (non-hydrogen) atoms. The highest BCUT2D eigenvalue weighted by Gasteiger charge is 2.37. The molecule has 1 atom stereocenters. The van der Waals surface area contributed by atoms with Crippen molar-refractivity contribution in [2.24, 2.45) is 5.92 Å². The Morgan fingerprint density at radius 1 is 1.11 bits per heavy atom. The molecule has 1 N–H and O–H groups in total. The number of amides is 1. The molecular weight excluding hydrogens is 338 g/mol. The maximum atomic E-state index is 13.3. The van der Waals surface area contributed by atoms with E-state index >= 15 is 0 Å². The Hall–Kier alpha value is -2.92. The van der Waals surface area contributed by atoms with Crippen LogP contribution in [0.2, 0.25) is 0 Å². The Morgan fingerprint density at radius 3 is 2.44 bits per heavy atom. The normalized spacial score (nSPS) is 14.7. The third kappa shape index (κ3) is 3.93. The fourth-order valence-corrected chi connectivity index (χ4v) is 3.45. The molecule has 1 aromatic heterocycles. The largest absolute Gasteiger partial charge is 0.394 e. The maximum Gasteiger partial charge on any atom is 0.254 e. The van der Waals surface area contributed by atoms with Crippen LogP contribution in [0.25, 0.3) is 5.69 Å². The van der Waals surface area contributed by atoms with Crippen LogP contribution in [0.4, 0.5) is 0 Å². The van der Waals surface area contributed by atoms with E-state index in [0.29, 0.717) is 18.0 Å². The molecule has 0 radical (unpaired) electrons. The minimum Gasteiger partial charge on any atom is -0.394 e. The smallest absolute Gasteiger partial charge is 0.254 e. The fraction of sp³-hybridized carbons (Fsp3) is 0.273. The van der Waals surface area contributed by atoms with Gasteiger partial charge in [0.25, 0.3) is 5.91 Å². The zero-order valence-corrected chi connectivity index (χ0v) is 15.1. The van der Waals surface area contributed by atoms with E-state index in [1.807, 2.05) is 71.8 Å². The average Bonchev–Trinajstić information content (AvgIpc) is 3.40. The number of aromatic nitrogens is 2. The first-order valence-corrected chi connectivity index (χ1v) is 9.32. The van der Waals surface area contributed by atoms with Gasteiger partial charge in [-0.25, -0.2) is 4.68 Å². The molecule has 0 spiro atoms. The van der Waals surface area contributed by atoms with Crippen LogP contribution >= 0.6 is 0 Å². The van der Waals surface area contributed by atoms with E-state index < -0.39 is 0 Å². The van der Waals surface area contributed by atoms with Crippen LogP contribution in [0.15, 0.2) is 73.1 Å². The van der Waals surface area contributed by atoms with Crippen molar-refractivity contribution in [3.63, 3.8) is 0 Å². The lowest BCUT2D eigenvalue weighted by atomic mass is 10.1. The molecule has 5 nitrogen and oxygen atoms in total. The summed E-state index contributed by atoms with van der Waals surface area (Å²) in [7, 11) is 0. The third-order valence-electron chi connectivity index (χ3n) is 5.09. The summed E-state index contributed by atoms with van der Waals surface area (Å²) < 4.78 is 1.76. The first kappa shape index (κ1) is 17.5. The molecule has 138 valence electrons. The first-order valence-electron chi connectivity index (χ1n) is 9.32. The summed E-state index contributed by atoms with van der Waals surface area (Å²) in [6.45, 7) is 0.497. The van der Waals surface area contributed by atoms with Gasteiger partial charge in [0.2, 0.25) is 0 Å². The van der Waals surface area contributed by atoms with Crippen molar-refractivity contribution in [3.05, 3.63) is 84.2 Å². The lowest BCUT2D eigenvalue weighted by Gasteiger charge is -2.31. The monoisotopic (exact) mass is 361 g/mol. The number of hydrogen-bond acceptors (Lipinski definition) is 3. The van der Waals surface area contributed by atoms with Gasteiger partial charge >= 0.3 is 0 Å². The molecule has 4 rings (SSSR count). The summed E-state index contributed by atoms with van der Waals surface area (Å²) >= 11 is 0. The van der Waals surface area contributed by atoms with Crippen LogP contribution in [0.3, 0.4) is 0 Å². The lowest BCUT2D eigenvalue weighted by molar-refractivity contribution is 0.0531. The first-order chi connectivity index (χ1) is 13.3. The molecule has 1 fully saturated rings. The predicted octanol–water partition coefficient (Wildman–Crippen LogP) is 3.29. The molecule has 5 heteroatoms. The Balaban J connectivity index is 1.59. The average molecular weight is 361 g/mol. The Morgan fingerprint density at radius 2 is 1.85 bits per heavy atom. The molecule has 0 saturated heterocycles. The molecule has 2 aromatic carbocycles. The van der Waals surface area contributed by atoms with Crippen molar-refractivity contribution in [1.82, 2.24) is 14.7 Å². The summed E-state index contributed by atoms with van der Waals surface area (Å²) in [6, 6.07) is 19.1. The van der Waals surface area contributed by atoms with Crippen LogP contribution in [0.1, 0.15) is 28.8 Å². The molecule has 3 aromatic rings. The van der Waals surface area contributed by atoms with Crippen molar-refractivity contribution in [2.45, 2.75) is 25.4 Å². The Bertz CT molecular complexity index is 872. The quantitative estimate of drug-likeness (QED) is 0.703. The molecule has 1 aliphatic rings.